The Morgan fingerprint density at radius 2 is 1.31 bits per heavy atom. The zero-order valence-electron chi connectivity index (χ0n) is 18.5. The molecule has 0 nitrogen and oxygen atoms in total. The van der Waals surface area contributed by atoms with E-state index in [9.17, 15) is 0 Å². The number of aryl methyl sites for hydroxylation is 1. The zero-order chi connectivity index (χ0) is 20.5. The summed E-state index contributed by atoms with van der Waals surface area (Å²) in [6.07, 6.45) is 0. The molecule has 0 fully saturated rings. The van der Waals surface area contributed by atoms with Gasteiger partial charge in [0.15, 0.2) is 0 Å². The Hall–Kier alpha value is -1.58. The third-order valence-electron chi connectivity index (χ3n) is 7.94. The second kappa shape index (κ2) is 8.28. The summed E-state index contributed by atoms with van der Waals surface area (Å²) in [6, 6.07) is 29.4. The van der Waals surface area contributed by atoms with Crippen molar-refractivity contribution in [3.63, 3.8) is 0 Å². The molecular formula is C27H34GeSi. The van der Waals surface area contributed by atoms with Crippen LogP contribution >= 0.6 is 0 Å². The van der Waals surface area contributed by atoms with Gasteiger partial charge < -0.3 is 0 Å². The van der Waals surface area contributed by atoms with Crippen LogP contribution in [0.25, 0.3) is 11.1 Å². The Kier molecular flexibility index (Phi) is 5.90. The number of fused-ring (bicyclic) bond motifs is 3. The molecule has 0 spiro atoms. The Morgan fingerprint density at radius 1 is 0.690 bits per heavy atom. The monoisotopic (exact) mass is 460 g/mol. The van der Waals surface area contributed by atoms with Gasteiger partial charge in [0.2, 0.25) is 0 Å². The predicted octanol–water partition coefficient (Wildman–Crippen LogP) is 5.95. The van der Waals surface area contributed by atoms with Crippen molar-refractivity contribution < 1.29 is 0 Å². The van der Waals surface area contributed by atoms with E-state index in [0.717, 1.165) is 0 Å². The van der Waals surface area contributed by atoms with Crippen LogP contribution in [0, 0.1) is 6.92 Å². The third kappa shape index (κ3) is 3.27. The molecule has 3 aromatic rings. The molecular weight excluding hydrogens is 425 g/mol. The van der Waals surface area contributed by atoms with E-state index in [4.69, 9.17) is 0 Å². The van der Waals surface area contributed by atoms with Crippen LogP contribution in [0.5, 0.6) is 0 Å². The predicted molar refractivity (Wildman–Crippen MR) is 135 cm³/mol. The van der Waals surface area contributed by atoms with Gasteiger partial charge in [0.1, 0.15) is 0 Å². The van der Waals surface area contributed by atoms with Crippen molar-refractivity contribution in [2.45, 2.75) is 54.8 Å². The first-order valence-corrected chi connectivity index (χ1v) is 19.5. The fourth-order valence-electron chi connectivity index (χ4n) is 5.78. The van der Waals surface area contributed by atoms with Gasteiger partial charge in [-0.25, -0.2) is 0 Å². The minimum atomic E-state index is -1.99. The quantitative estimate of drug-likeness (QED) is 0.383. The summed E-state index contributed by atoms with van der Waals surface area (Å²) in [5.74, 6) is 0. The molecule has 2 heteroatoms. The van der Waals surface area contributed by atoms with Crippen molar-refractivity contribution in [3.05, 3.63) is 78.4 Å². The van der Waals surface area contributed by atoms with E-state index < -0.39 is 21.3 Å². The van der Waals surface area contributed by atoms with E-state index in [1.807, 2.05) is 0 Å². The second-order valence-electron chi connectivity index (χ2n) is 8.88. The molecule has 0 saturated carbocycles. The molecule has 1 aliphatic rings. The number of hydrogen-bond acceptors (Lipinski definition) is 0. The standard InChI is InChI=1S/C27H34GeSi/c1-5-28(6-2,7-3)20-21-29(23-15-9-8-10-16-23)25-18-12-11-17-24(25)27-22(4)14-13-19-26(27)29/h8-19H,5-7,20-21H2,1-4H3/t29-/m0/s1. The summed E-state index contributed by atoms with van der Waals surface area (Å²) in [4.78, 5) is 0. The summed E-state index contributed by atoms with van der Waals surface area (Å²) in [6.45, 7) is 9.73. The first-order chi connectivity index (χ1) is 14.1. The van der Waals surface area contributed by atoms with Crippen LogP contribution in [0.15, 0.2) is 72.8 Å². The van der Waals surface area contributed by atoms with Crippen molar-refractivity contribution in [1.29, 1.82) is 0 Å². The van der Waals surface area contributed by atoms with Crippen LogP contribution in [0.2, 0.25) is 27.1 Å². The first-order valence-electron chi connectivity index (χ1n) is 11.4. The van der Waals surface area contributed by atoms with E-state index in [0.29, 0.717) is 0 Å². The summed E-state index contributed by atoms with van der Waals surface area (Å²) in [5.41, 5.74) is 4.49. The molecule has 3 aromatic carbocycles. The Morgan fingerprint density at radius 3 is 2.00 bits per heavy atom. The molecule has 1 heterocycles. The van der Waals surface area contributed by atoms with Crippen LogP contribution in [-0.4, -0.2) is 21.3 Å². The molecule has 0 aromatic heterocycles. The van der Waals surface area contributed by atoms with Crippen molar-refractivity contribution in [1.82, 2.24) is 0 Å². The van der Waals surface area contributed by atoms with Crippen LogP contribution in [0.1, 0.15) is 26.3 Å². The van der Waals surface area contributed by atoms with Crippen LogP contribution in [-0.2, 0) is 0 Å². The van der Waals surface area contributed by atoms with E-state index in [1.54, 1.807) is 21.1 Å². The number of rotatable bonds is 7. The molecule has 29 heavy (non-hydrogen) atoms. The van der Waals surface area contributed by atoms with E-state index in [-0.39, 0.29) is 0 Å². The fraction of sp³-hybridized carbons (Fsp3) is 0.333. The molecule has 0 aliphatic carbocycles. The summed E-state index contributed by atoms with van der Waals surface area (Å²) in [5, 5.41) is 10.8. The average Bonchev–Trinajstić information content (AvgIpc) is 3.08. The fourth-order valence-corrected chi connectivity index (χ4v) is 22.4. The molecule has 0 amide bonds. The molecule has 4 rings (SSSR count). The van der Waals surface area contributed by atoms with Crippen LogP contribution in [0.3, 0.4) is 0 Å². The molecule has 150 valence electrons. The van der Waals surface area contributed by atoms with Crippen molar-refractivity contribution in [3.8, 4) is 11.1 Å². The number of benzene rings is 3. The average molecular weight is 459 g/mol. The van der Waals surface area contributed by atoms with Gasteiger partial charge in [-0.3, -0.25) is 0 Å². The molecule has 0 N–H and O–H groups in total. The second-order valence-corrected chi connectivity index (χ2v) is 24.6. The number of hydrogen-bond donors (Lipinski definition) is 0. The van der Waals surface area contributed by atoms with Crippen LogP contribution in [0.4, 0.5) is 0 Å². The van der Waals surface area contributed by atoms with Gasteiger partial charge in [0.05, 0.1) is 0 Å². The van der Waals surface area contributed by atoms with E-state index in [1.165, 1.54) is 38.2 Å². The van der Waals surface area contributed by atoms with E-state index >= 15 is 0 Å². The molecule has 1 aliphatic heterocycles. The molecule has 1 atom stereocenters. The van der Waals surface area contributed by atoms with Gasteiger partial charge in [-0.15, -0.1) is 0 Å². The molecule has 0 radical (unpaired) electrons. The third-order valence-corrected chi connectivity index (χ3v) is 26.2. The summed E-state index contributed by atoms with van der Waals surface area (Å²) >= 11 is -1.77. The van der Waals surface area contributed by atoms with Gasteiger partial charge in [0.25, 0.3) is 0 Å². The Balaban J connectivity index is 1.97. The van der Waals surface area contributed by atoms with Crippen molar-refractivity contribution in [2.24, 2.45) is 0 Å². The zero-order valence-corrected chi connectivity index (χ0v) is 21.6. The van der Waals surface area contributed by atoms with Gasteiger partial charge in [-0.05, 0) is 0 Å². The van der Waals surface area contributed by atoms with Crippen molar-refractivity contribution >= 4 is 36.9 Å². The van der Waals surface area contributed by atoms with Gasteiger partial charge in [-0.2, -0.15) is 0 Å². The maximum atomic E-state index is 2.48. The molecule has 0 unspecified atom stereocenters. The summed E-state index contributed by atoms with van der Waals surface area (Å²) in [7, 11) is -1.99. The minimum absolute atomic E-state index is 1.39. The first kappa shape index (κ1) is 20.7. The van der Waals surface area contributed by atoms with Gasteiger partial charge >= 0.3 is 181 Å². The Labute approximate surface area is 180 Å². The van der Waals surface area contributed by atoms with Crippen LogP contribution < -0.4 is 15.6 Å². The Bertz CT molecular complexity index is 982. The SMILES string of the molecule is C[CH2][Ge]([CH2]C)([CH2]C)[CH2]C[Si@]1(c2ccccc2)c2ccccc2-c2c(C)cccc21. The normalized spacial score (nSPS) is 17.8. The van der Waals surface area contributed by atoms with E-state index in [2.05, 4.69) is 100 Å². The summed E-state index contributed by atoms with van der Waals surface area (Å²) < 4.78 is 0. The molecule has 0 saturated heterocycles. The topological polar surface area (TPSA) is 0 Å². The van der Waals surface area contributed by atoms with Crippen molar-refractivity contribution in [2.75, 3.05) is 0 Å². The van der Waals surface area contributed by atoms with Gasteiger partial charge in [0, 0.05) is 0 Å². The molecule has 0 bridgehead atoms. The van der Waals surface area contributed by atoms with Gasteiger partial charge in [-0.1, -0.05) is 0 Å². The maximum absolute atomic E-state index is 2.48.